The molecule has 1 atom stereocenters. The molecule has 1 unspecified atom stereocenters. The van der Waals surface area contributed by atoms with Crippen molar-refractivity contribution in [3.05, 3.63) is 11.9 Å². The lowest BCUT2D eigenvalue weighted by Gasteiger charge is -2.14. The summed E-state index contributed by atoms with van der Waals surface area (Å²) in [7, 11) is 0. The molecule has 0 aliphatic rings. The summed E-state index contributed by atoms with van der Waals surface area (Å²) in [6.45, 7) is 7.72. The molecule has 5 nitrogen and oxygen atoms in total. The number of aromatic nitrogens is 2. The predicted octanol–water partition coefficient (Wildman–Crippen LogP) is 2.43. The molecule has 1 aromatic rings. The molecule has 0 aliphatic heterocycles. The third kappa shape index (κ3) is 4.58. The summed E-state index contributed by atoms with van der Waals surface area (Å²) in [5, 5.41) is 7.12. The Hall–Kier alpha value is -1.52. The summed E-state index contributed by atoms with van der Waals surface area (Å²) in [6.07, 6.45) is 6.34. The van der Waals surface area contributed by atoms with Crippen molar-refractivity contribution in [3.63, 3.8) is 0 Å². The van der Waals surface area contributed by atoms with Crippen LogP contribution in [-0.4, -0.2) is 22.2 Å². The molecule has 0 saturated carbocycles. The van der Waals surface area contributed by atoms with Gasteiger partial charge < -0.3 is 11.1 Å². The molecule has 0 aliphatic carbocycles. The van der Waals surface area contributed by atoms with Gasteiger partial charge in [-0.3, -0.25) is 9.48 Å². The van der Waals surface area contributed by atoms with Crippen LogP contribution in [0.25, 0.3) is 0 Å². The number of carbonyl (C=O) groups excluding carboxylic acids is 1. The Balaban J connectivity index is 2.51. The van der Waals surface area contributed by atoms with Crippen molar-refractivity contribution in [2.24, 2.45) is 5.92 Å². The minimum Gasteiger partial charge on any atom is -0.396 e. The Labute approximate surface area is 115 Å². The normalized spacial score (nSPS) is 12.4. The zero-order valence-corrected chi connectivity index (χ0v) is 12.3. The Kier molecular flexibility index (Phi) is 6.39. The average Bonchev–Trinajstić information content (AvgIpc) is 2.80. The molecule has 3 N–H and O–H groups in total. The van der Waals surface area contributed by atoms with Crippen LogP contribution in [-0.2, 0) is 6.54 Å². The van der Waals surface area contributed by atoms with Crippen LogP contribution >= 0.6 is 0 Å². The summed E-state index contributed by atoms with van der Waals surface area (Å²) in [5.74, 6) is 0.373. The second-order valence-corrected chi connectivity index (χ2v) is 4.92. The molecule has 0 fully saturated rings. The maximum atomic E-state index is 12.0. The van der Waals surface area contributed by atoms with E-state index in [0.717, 1.165) is 12.8 Å². The fourth-order valence-electron chi connectivity index (χ4n) is 2.04. The monoisotopic (exact) mass is 266 g/mol. The van der Waals surface area contributed by atoms with Crippen molar-refractivity contribution in [3.8, 4) is 0 Å². The highest BCUT2D eigenvalue weighted by Gasteiger charge is 2.15. The van der Waals surface area contributed by atoms with Crippen LogP contribution in [0.5, 0.6) is 0 Å². The van der Waals surface area contributed by atoms with E-state index >= 15 is 0 Å². The van der Waals surface area contributed by atoms with Crippen molar-refractivity contribution in [2.45, 2.75) is 53.0 Å². The van der Waals surface area contributed by atoms with Crippen molar-refractivity contribution in [1.29, 1.82) is 0 Å². The van der Waals surface area contributed by atoms with E-state index in [2.05, 4.69) is 24.3 Å². The molecule has 1 aromatic heterocycles. The number of nitrogen functional groups attached to an aromatic ring is 1. The topological polar surface area (TPSA) is 72.9 Å². The number of unbranched alkanes of at least 4 members (excludes halogenated alkanes) is 1. The first-order valence-corrected chi connectivity index (χ1v) is 7.23. The lowest BCUT2D eigenvalue weighted by atomic mass is 9.99. The maximum absolute atomic E-state index is 12.0. The average molecular weight is 266 g/mol. The number of nitrogens with two attached hydrogens (primary N) is 1. The van der Waals surface area contributed by atoms with Gasteiger partial charge >= 0.3 is 0 Å². The molecule has 0 saturated heterocycles. The summed E-state index contributed by atoms with van der Waals surface area (Å²) >= 11 is 0. The Bertz CT molecular complexity index is 400. The number of hydrogen-bond donors (Lipinski definition) is 2. The summed E-state index contributed by atoms with van der Waals surface area (Å²) in [4.78, 5) is 12.0. The smallest absolute Gasteiger partial charge is 0.273 e. The highest BCUT2D eigenvalue weighted by Crippen LogP contribution is 2.13. The second-order valence-electron chi connectivity index (χ2n) is 4.92. The standard InChI is InChI=1S/C14H26N4O/c1-4-7-8-11(5-2)9-16-14(19)13-12(15)10-18(6-3)17-13/h10-11H,4-9,15H2,1-3H3,(H,16,19). The van der Waals surface area contributed by atoms with E-state index in [-0.39, 0.29) is 5.91 Å². The third-order valence-corrected chi connectivity index (χ3v) is 3.42. The largest absolute Gasteiger partial charge is 0.396 e. The molecular formula is C14H26N4O. The fraction of sp³-hybridized carbons (Fsp3) is 0.714. The number of hydrogen-bond acceptors (Lipinski definition) is 3. The lowest BCUT2D eigenvalue weighted by Crippen LogP contribution is -2.30. The number of rotatable bonds is 8. The molecule has 5 heteroatoms. The molecule has 108 valence electrons. The minimum atomic E-state index is -0.167. The molecule has 1 rings (SSSR count). The van der Waals surface area contributed by atoms with E-state index in [1.54, 1.807) is 10.9 Å². The quantitative estimate of drug-likeness (QED) is 0.759. The van der Waals surface area contributed by atoms with Crippen molar-refractivity contribution >= 4 is 11.6 Å². The highest BCUT2D eigenvalue weighted by atomic mass is 16.2. The van der Waals surface area contributed by atoms with Crippen molar-refractivity contribution in [1.82, 2.24) is 15.1 Å². The van der Waals surface area contributed by atoms with Gasteiger partial charge in [0, 0.05) is 19.3 Å². The van der Waals surface area contributed by atoms with Gasteiger partial charge in [-0.2, -0.15) is 5.10 Å². The number of anilines is 1. The summed E-state index contributed by atoms with van der Waals surface area (Å²) < 4.78 is 1.68. The van der Waals surface area contributed by atoms with E-state index in [1.807, 2.05) is 6.92 Å². The van der Waals surface area contributed by atoms with E-state index in [9.17, 15) is 4.79 Å². The lowest BCUT2D eigenvalue weighted by molar-refractivity contribution is 0.0941. The van der Waals surface area contributed by atoms with Crippen LogP contribution in [0.3, 0.4) is 0 Å². The van der Waals surface area contributed by atoms with Gasteiger partial charge in [0.05, 0.1) is 5.69 Å². The molecule has 0 spiro atoms. The SMILES string of the molecule is CCCCC(CC)CNC(=O)c1nn(CC)cc1N. The molecular weight excluding hydrogens is 240 g/mol. The highest BCUT2D eigenvalue weighted by molar-refractivity contribution is 5.96. The molecule has 0 aromatic carbocycles. The van der Waals surface area contributed by atoms with Gasteiger partial charge in [-0.05, 0) is 19.3 Å². The number of amides is 1. The molecule has 0 bridgehead atoms. The van der Waals surface area contributed by atoms with Crippen LogP contribution in [0.15, 0.2) is 6.20 Å². The van der Waals surface area contributed by atoms with Gasteiger partial charge in [-0.25, -0.2) is 0 Å². The molecule has 1 heterocycles. The van der Waals surface area contributed by atoms with E-state index < -0.39 is 0 Å². The van der Waals surface area contributed by atoms with Crippen LogP contribution in [0.4, 0.5) is 5.69 Å². The van der Waals surface area contributed by atoms with Gasteiger partial charge in [0.25, 0.3) is 5.91 Å². The van der Waals surface area contributed by atoms with Crippen LogP contribution in [0, 0.1) is 5.92 Å². The van der Waals surface area contributed by atoms with Gasteiger partial charge in [-0.1, -0.05) is 33.1 Å². The van der Waals surface area contributed by atoms with Crippen LogP contribution in [0.1, 0.15) is 56.9 Å². The molecule has 1 amide bonds. The molecule has 19 heavy (non-hydrogen) atoms. The summed E-state index contributed by atoms with van der Waals surface area (Å²) in [6, 6.07) is 0. The Morgan fingerprint density at radius 3 is 2.74 bits per heavy atom. The van der Waals surface area contributed by atoms with Gasteiger partial charge in [0.2, 0.25) is 0 Å². The number of carbonyl (C=O) groups is 1. The number of aryl methyl sites for hydroxylation is 1. The van der Waals surface area contributed by atoms with Crippen molar-refractivity contribution in [2.75, 3.05) is 12.3 Å². The van der Waals surface area contributed by atoms with Gasteiger partial charge in [-0.15, -0.1) is 0 Å². The second kappa shape index (κ2) is 7.81. The van der Waals surface area contributed by atoms with E-state index in [0.29, 0.717) is 30.4 Å². The summed E-state index contributed by atoms with van der Waals surface area (Å²) in [5.41, 5.74) is 6.58. The first kappa shape index (κ1) is 15.5. The van der Waals surface area contributed by atoms with Crippen LogP contribution < -0.4 is 11.1 Å². The van der Waals surface area contributed by atoms with Crippen molar-refractivity contribution < 1.29 is 4.79 Å². The Morgan fingerprint density at radius 2 is 2.21 bits per heavy atom. The number of nitrogens with one attached hydrogen (secondary N) is 1. The first-order valence-electron chi connectivity index (χ1n) is 7.23. The maximum Gasteiger partial charge on any atom is 0.273 e. The van der Waals surface area contributed by atoms with Crippen LogP contribution in [0.2, 0.25) is 0 Å². The first-order chi connectivity index (χ1) is 9.12. The van der Waals surface area contributed by atoms with E-state index in [1.165, 1.54) is 12.8 Å². The predicted molar refractivity (Wildman–Crippen MR) is 78.0 cm³/mol. The van der Waals surface area contributed by atoms with E-state index in [4.69, 9.17) is 5.73 Å². The van der Waals surface area contributed by atoms with Gasteiger partial charge in [0.1, 0.15) is 0 Å². The third-order valence-electron chi connectivity index (χ3n) is 3.42. The zero-order valence-electron chi connectivity index (χ0n) is 12.3. The molecule has 0 radical (unpaired) electrons. The van der Waals surface area contributed by atoms with Gasteiger partial charge in [0.15, 0.2) is 5.69 Å². The zero-order chi connectivity index (χ0) is 14.3. The number of nitrogens with zero attached hydrogens (tertiary/aromatic N) is 2. The fourth-order valence-corrected chi connectivity index (χ4v) is 2.04. The minimum absolute atomic E-state index is 0.167. The Morgan fingerprint density at radius 1 is 1.47 bits per heavy atom.